The summed E-state index contributed by atoms with van der Waals surface area (Å²) < 4.78 is 0. The minimum Gasteiger partial charge on any atom is -0.370 e. The van der Waals surface area contributed by atoms with Crippen LogP contribution in [0.4, 0.5) is 11.6 Å². The fourth-order valence-corrected chi connectivity index (χ4v) is 2.47. The first kappa shape index (κ1) is 12.1. The van der Waals surface area contributed by atoms with Crippen LogP contribution >= 0.6 is 0 Å². The Morgan fingerprint density at radius 1 is 1.18 bits per heavy atom. The maximum Gasteiger partial charge on any atom is 0.131 e. The Balaban J connectivity index is 2.04. The molecule has 1 aromatic heterocycles. The Labute approximate surface area is 103 Å². The molecule has 4 nitrogen and oxygen atoms in total. The molecule has 1 aliphatic carbocycles. The van der Waals surface area contributed by atoms with Crippen LogP contribution in [-0.2, 0) is 0 Å². The zero-order valence-corrected chi connectivity index (χ0v) is 10.8. The molecule has 0 spiro atoms. The second-order valence-electron chi connectivity index (χ2n) is 5.07. The SMILES string of the molecule is CCNc1cc(NC2(C)CCCCC2)ncn1. The molecule has 0 radical (unpaired) electrons. The van der Waals surface area contributed by atoms with Crippen molar-refractivity contribution in [3.8, 4) is 0 Å². The van der Waals surface area contributed by atoms with E-state index >= 15 is 0 Å². The van der Waals surface area contributed by atoms with Crippen LogP contribution in [0, 0.1) is 0 Å². The Hall–Kier alpha value is -1.32. The lowest BCUT2D eigenvalue weighted by Crippen LogP contribution is -2.37. The van der Waals surface area contributed by atoms with E-state index in [1.54, 1.807) is 6.33 Å². The van der Waals surface area contributed by atoms with Gasteiger partial charge in [-0.15, -0.1) is 0 Å². The summed E-state index contributed by atoms with van der Waals surface area (Å²) in [6, 6.07) is 1.99. The van der Waals surface area contributed by atoms with Gasteiger partial charge in [-0.05, 0) is 26.7 Å². The van der Waals surface area contributed by atoms with Gasteiger partial charge in [0.2, 0.25) is 0 Å². The smallest absolute Gasteiger partial charge is 0.131 e. The summed E-state index contributed by atoms with van der Waals surface area (Å²) in [7, 11) is 0. The van der Waals surface area contributed by atoms with Gasteiger partial charge in [-0.3, -0.25) is 0 Å². The summed E-state index contributed by atoms with van der Waals surface area (Å²) in [5.41, 5.74) is 0.204. The van der Waals surface area contributed by atoms with Gasteiger partial charge in [0.15, 0.2) is 0 Å². The van der Waals surface area contributed by atoms with Crippen molar-refractivity contribution in [2.75, 3.05) is 17.2 Å². The summed E-state index contributed by atoms with van der Waals surface area (Å²) >= 11 is 0. The number of anilines is 2. The van der Waals surface area contributed by atoms with Gasteiger partial charge in [0.05, 0.1) is 0 Å². The van der Waals surface area contributed by atoms with Crippen LogP contribution in [0.3, 0.4) is 0 Å². The predicted octanol–water partition coefficient (Wildman–Crippen LogP) is 3.04. The zero-order chi connectivity index (χ0) is 12.1. The Bertz CT molecular complexity index is 358. The molecule has 1 saturated carbocycles. The van der Waals surface area contributed by atoms with E-state index < -0.39 is 0 Å². The molecule has 0 bridgehead atoms. The van der Waals surface area contributed by atoms with E-state index in [9.17, 15) is 0 Å². The summed E-state index contributed by atoms with van der Waals surface area (Å²) in [5, 5.41) is 6.77. The highest BCUT2D eigenvalue weighted by Crippen LogP contribution is 2.30. The number of nitrogens with zero attached hydrogens (tertiary/aromatic N) is 2. The summed E-state index contributed by atoms with van der Waals surface area (Å²) in [5.74, 6) is 1.82. The second-order valence-corrected chi connectivity index (χ2v) is 5.07. The van der Waals surface area contributed by atoms with Crippen LogP contribution < -0.4 is 10.6 Å². The Morgan fingerprint density at radius 2 is 1.88 bits per heavy atom. The van der Waals surface area contributed by atoms with Crippen LogP contribution in [0.1, 0.15) is 46.0 Å². The number of nitrogens with one attached hydrogen (secondary N) is 2. The summed E-state index contributed by atoms with van der Waals surface area (Å²) in [6.45, 7) is 5.24. The molecule has 17 heavy (non-hydrogen) atoms. The maximum absolute atomic E-state index is 4.30. The normalized spacial score (nSPS) is 18.7. The van der Waals surface area contributed by atoms with Crippen LogP contribution in [0.15, 0.2) is 12.4 Å². The molecule has 1 aromatic rings. The molecular formula is C13H22N4. The first-order valence-corrected chi connectivity index (χ1v) is 6.56. The van der Waals surface area contributed by atoms with E-state index in [0.29, 0.717) is 0 Å². The molecule has 0 aliphatic heterocycles. The molecular weight excluding hydrogens is 212 g/mol. The first-order valence-electron chi connectivity index (χ1n) is 6.56. The highest BCUT2D eigenvalue weighted by molar-refractivity contribution is 5.47. The van der Waals surface area contributed by atoms with E-state index in [1.165, 1.54) is 32.1 Å². The van der Waals surface area contributed by atoms with Gasteiger partial charge in [-0.25, -0.2) is 9.97 Å². The average molecular weight is 234 g/mol. The van der Waals surface area contributed by atoms with Gasteiger partial charge in [0.1, 0.15) is 18.0 Å². The van der Waals surface area contributed by atoms with Crippen LogP contribution in [0.25, 0.3) is 0 Å². The van der Waals surface area contributed by atoms with Crippen molar-refractivity contribution >= 4 is 11.6 Å². The molecule has 1 aliphatic rings. The van der Waals surface area contributed by atoms with Crippen molar-refractivity contribution in [3.05, 3.63) is 12.4 Å². The van der Waals surface area contributed by atoms with Crippen LogP contribution in [0.2, 0.25) is 0 Å². The maximum atomic E-state index is 4.30. The monoisotopic (exact) mass is 234 g/mol. The fraction of sp³-hybridized carbons (Fsp3) is 0.692. The van der Waals surface area contributed by atoms with Crippen molar-refractivity contribution in [2.24, 2.45) is 0 Å². The molecule has 2 rings (SSSR count). The topological polar surface area (TPSA) is 49.8 Å². The highest BCUT2D eigenvalue weighted by Gasteiger charge is 2.26. The minimum atomic E-state index is 0.204. The first-order chi connectivity index (χ1) is 8.22. The number of rotatable bonds is 4. The molecule has 0 atom stereocenters. The van der Waals surface area contributed by atoms with E-state index in [0.717, 1.165) is 18.2 Å². The number of aromatic nitrogens is 2. The molecule has 2 N–H and O–H groups in total. The molecule has 0 saturated heterocycles. The van der Waals surface area contributed by atoms with Gasteiger partial charge in [-0.1, -0.05) is 19.3 Å². The van der Waals surface area contributed by atoms with E-state index in [-0.39, 0.29) is 5.54 Å². The van der Waals surface area contributed by atoms with Crippen molar-refractivity contribution in [2.45, 2.75) is 51.5 Å². The average Bonchev–Trinajstić information content (AvgIpc) is 2.30. The minimum absolute atomic E-state index is 0.204. The molecule has 94 valence electrons. The van der Waals surface area contributed by atoms with Crippen molar-refractivity contribution in [1.82, 2.24) is 9.97 Å². The third-order valence-electron chi connectivity index (χ3n) is 3.41. The summed E-state index contributed by atoms with van der Waals surface area (Å²) in [4.78, 5) is 8.48. The lowest BCUT2D eigenvalue weighted by atomic mass is 9.83. The highest BCUT2D eigenvalue weighted by atomic mass is 15.1. The third-order valence-corrected chi connectivity index (χ3v) is 3.41. The van der Waals surface area contributed by atoms with Gasteiger partial charge in [0, 0.05) is 18.2 Å². The molecule has 1 heterocycles. The fourth-order valence-electron chi connectivity index (χ4n) is 2.47. The third kappa shape index (κ3) is 3.32. The molecule has 0 aromatic carbocycles. The van der Waals surface area contributed by atoms with Gasteiger partial charge in [-0.2, -0.15) is 0 Å². The van der Waals surface area contributed by atoms with Gasteiger partial charge in [0.25, 0.3) is 0 Å². The van der Waals surface area contributed by atoms with Gasteiger partial charge >= 0.3 is 0 Å². The lowest BCUT2D eigenvalue weighted by molar-refractivity contribution is 0.348. The molecule has 4 heteroatoms. The lowest BCUT2D eigenvalue weighted by Gasteiger charge is -2.35. The van der Waals surface area contributed by atoms with Gasteiger partial charge < -0.3 is 10.6 Å². The number of hydrogen-bond acceptors (Lipinski definition) is 4. The van der Waals surface area contributed by atoms with Crippen molar-refractivity contribution in [3.63, 3.8) is 0 Å². The predicted molar refractivity (Wildman–Crippen MR) is 71.3 cm³/mol. The van der Waals surface area contributed by atoms with Crippen molar-refractivity contribution < 1.29 is 0 Å². The standard InChI is InChI=1S/C13H22N4/c1-3-14-11-9-12(16-10-15-11)17-13(2)7-5-4-6-8-13/h9-10H,3-8H2,1-2H3,(H2,14,15,16,17). The van der Waals surface area contributed by atoms with Crippen molar-refractivity contribution in [1.29, 1.82) is 0 Å². The molecule has 0 amide bonds. The largest absolute Gasteiger partial charge is 0.370 e. The second kappa shape index (κ2) is 5.34. The Morgan fingerprint density at radius 3 is 2.59 bits per heavy atom. The van der Waals surface area contributed by atoms with Crippen LogP contribution in [0.5, 0.6) is 0 Å². The van der Waals surface area contributed by atoms with Crippen LogP contribution in [-0.4, -0.2) is 22.1 Å². The molecule has 1 fully saturated rings. The number of hydrogen-bond donors (Lipinski definition) is 2. The van der Waals surface area contributed by atoms with E-state index in [2.05, 4.69) is 34.4 Å². The van der Waals surface area contributed by atoms with E-state index in [4.69, 9.17) is 0 Å². The molecule has 0 unspecified atom stereocenters. The van der Waals surface area contributed by atoms with E-state index in [1.807, 2.05) is 6.07 Å². The Kier molecular flexibility index (Phi) is 3.82. The zero-order valence-electron chi connectivity index (χ0n) is 10.8. The quantitative estimate of drug-likeness (QED) is 0.840. The summed E-state index contributed by atoms with van der Waals surface area (Å²) in [6.07, 6.45) is 8.07.